The van der Waals surface area contributed by atoms with E-state index in [4.69, 9.17) is 4.74 Å². The Kier molecular flexibility index (Phi) is 4.69. The van der Waals surface area contributed by atoms with Gasteiger partial charge < -0.3 is 9.84 Å². The summed E-state index contributed by atoms with van der Waals surface area (Å²) in [5.74, 6) is 0.651. The largest absolute Gasteiger partial charge is 0.388 e. The molecular weight excluding hydrogens is 140 g/mol. The van der Waals surface area contributed by atoms with E-state index in [0.717, 1.165) is 12.8 Å². The van der Waals surface area contributed by atoms with Crippen molar-refractivity contribution in [2.45, 2.75) is 39.2 Å². The predicted molar refractivity (Wildman–Crippen MR) is 46.6 cm³/mol. The Hall–Kier alpha value is -0.0800. The average molecular weight is 160 g/mol. The van der Waals surface area contributed by atoms with Crippen molar-refractivity contribution < 1.29 is 9.84 Å². The summed E-state index contributed by atoms with van der Waals surface area (Å²) in [6.45, 7) is 6.56. The van der Waals surface area contributed by atoms with Crippen LogP contribution in [0.5, 0.6) is 0 Å². The first kappa shape index (κ1) is 10.9. The summed E-state index contributed by atoms with van der Waals surface area (Å²) in [5, 5.41) is 9.64. The van der Waals surface area contributed by atoms with Crippen molar-refractivity contribution in [3.05, 3.63) is 0 Å². The molecule has 0 saturated carbocycles. The van der Waals surface area contributed by atoms with Gasteiger partial charge in [0.25, 0.3) is 0 Å². The van der Waals surface area contributed by atoms with Crippen LogP contribution in [0.1, 0.15) is 33.6 Å². The van der Waals surface area contributed by atoms with Gasteiger partial charge in [0, 0.05) is 7.11 Å². The van der Waals surface area contributed by atoms with E-state index < -0.39 is 5.60 Å². The summed E-state index contributed by atoms with van der Waals surface area (Å²) in [6.07, 6.45) is 1.87. The Morgan fingerprint density at radius 1 is 1.45 bits per heavy atom. The molecule has 68 valence electrons. The van der Waals surface area contributed by atoms with Gasteiger partial charge in [-0.05, 0) is 25.7 Å². The summed E-state index contributed by atoms with van der Waals surface area (Å²) >= 11 is 0. The molecule has 0 aliphatic rings. The summed E-state index contributed by atoms with van der Waals surface area (Å²) in [6, 6.07) is 0. The molecule has 1 N–H and O–H groups in total. The molecule has 2 nitrogen and oxygen atoms in total. The van der Waals surface area contributed by atoms with Gasteiger partial charge in [-0.3, -0.25) is 0 Å². The van der Waals surface area contributed by atoms with Gasteiger partial charge in [-0.2, -0.15) is 0 Å². The van der Waals surface area contributed by atoms with Crippen LogP contribution in [-0.4, -0.2) is 24.4 Å². The Morgan fingerprint density at radius 2 is 2.00 bits per heavy atom. The van der Waals surface area contributed by atoms with E-state index in [1.165, 1.54) is 0 Å². The summed E-state index contributed by atoms with van der Waals surface area (Å²) < 4.78 is 4.89. The monoisotopic (exact) mass is 160 g/mol. The second-order valence-electron chi connectivity index (χ2n) is 3.86. The van der Waals surface area contributed by atoms with Gasteiger partial charge >= 0.3 is 0 Å². The lowest BCUT2D eigenvalue weighted by Crippen LogP contribution is -2.30. The highest BCUT2D eigenvalue weighted by Crippen LogP contribution is 2.16. The smallest absolute Gasteiger partial charge is 0.0852 e. The maximum atomic E-state index is 9.64. The van der Waals surface area contributed by atoms with Crippen LogP contribution in [0.25, 0.3) is 0 Å². The topological polar surface area (TPSA) is 29.5 Å². The minimum absolute atomic E-state index is 0.430. The molecule has 0 heterocycles. The van der Waals surface area contributed by atoms with Crippen LogP contribution < -0.4 is 0 Å². The van der Waals surface area contributed by atoms with Crippen LogP contribution in [0.15, 0.2) is 0 Å². The van der Waals surface area contributed by atoms with E-state index in [2.05, 4.69) is 13.8 Å². The van der Waals surface area contributed by atoms with Crippen LogP contribution in [0.3, 0.4) is 0 Å². The molecule has 0 aromatic carbocycles. The fraction of sp³-hybridized carbons (Fsp3) is 1.00. The molecule has 0 amide bonds. The van der Waals surface area contributed by atoms with E-state index >= 15 is 0 Å². The van der Waals surface area contributed by atoms with Crippen molar-refractivity contribution in [2.24, 2.45) is 5.92 Å². The number of aliphatic hydroxyl groups is 1. The molecule has 0 bridgehead atoms. The van der Waals surface area contributed by atoms with Crippen LogP contribution >= 0.6 is 0 Å². The summed E-state index contributed by atoms with van der Waals surface area (Å²) in [5.41, 5.74) is -0.640. The molecule has 0 aromatic heterocycles. The molecule has 0 spiro atoms. The Morgan fingerprint density at radius 3 is 2.36 bits per heavy atom. The fourth-order valence-corrected chi connectivity index (χ4v) is 0.983. The normalized spacial score (nSPS) is 16.9. The molecule has 0 aromatic rings. The number of hydrogen-bond acceptors (Lipinski definition) is 2. The quantitative estimate of drug-likeness (QED) is 0.664. The molecule has 0 radical (unpaired) electrons. The van der Waals surface area contributed by atoms with Crippen molar-refractivity contribution in [1.82, 2.24) is 0 Å². The molecule has 1 atom stereocenters. The van der Waals surface area contributed by atoms with Crippen molar-refractivity contribution in [3.63, 3.8) is 0 Å². The first-order chi connectivity index (χ1) is 4.98. The zero-order valence-electron chi connectivity index (χ0n) is 8.05. The Balaban J connectivity index is 3.54. The standard InChI is InChI=1S/C9H20O2/c1-8(2)5-6-9(3,10)7-11-4/h8,10H,5-7H2,1-4H3. The van der Waals surface area contributed by atoms with Crippen molar-refractivity contribution >= 4 is 0 Å². The molecule has 1 unspecified atom stereocenters. The van der Waals surface area contributed by atoms with Crippen LogP contribution in [0.4, 0.5) is 0 Å². The van der Waals surface area contributed by atoms with E-state index in [-0.39, 0.29) is 0 Å². The van der Waals surface area contributed by atoms with Crippen LogP contribution in [0, 0.1) is 5.92 Å². The number of rotatable bonds is 5. The zero-order valence-corrected chi connectivity index (χ0v) is 8.05. The minimum Gasteiger partial charge on any atom is -0.388 e. The average Bonchev–Trinajstić information content (AvgIpc) is 1.84. The van der Waals surface area contributed by atoms with Crippen molar-refractivity contribution in [2.75, 3.05) is 13.7 Å². The van der Waals surface area contributed by atoms with Gasteiger partial charge in [0.05, 0.1) is 12.2 Å². The second kappa shape index (κ2) is 4.73. The highest BCUT2D eigenvalue weighted by atomic mass is 16.5. The van der Waals surface area contributed by atoms with Gasteiger partial charge in [-0.1, -0.05) is 13.8 Å². The molecule has 0 fully saturated rings. The number of ether oxygens (including phenoxy) is 1. The third-order valence-electron chi connectivity index (χ3n) is 1.72. The third kappa shape index (κ3) is 6.32. The van der Waals surface area contributed by atoms with Gasteiger partial charge in [-0.25, -0.2) is 0 Å². The summed E-state index contributed by atoms with van der Waals surface area (Å²) in [7, 11) is 1.61. The molecule has 0 aliphatic carbocycles. The lowest BCUT2D eigenvalue weighted by molar-refractivity contribution is -0.0257. The predicted octanol–water partition coefficient (Wildman–Crippen LogP) is 1.82. The lowest BCUT2D eigenvalue weighted by Gasteiger charge is -2.22. The third-order valence-corrected chi connectivity index (χ3v) is 1.72. The van der Waals surface area contributed by atoms with Gasteiger partial charge in [-0.15, -0.1) is 0 Å². The molecule has 11 heavy (non-hydrogen) atoms. The van der Waals surface area contributed by atoms with Gasteiger partial charge in [0.15, 0.2) is 0 Å². The van der Waals surface area contributed by atoms with E-state index in [1.807, 2.05) is 6.92 Å². The van der Waals surface area contributed by atoms with Gasteiger partial charge in [0.2, 0.25) is 0 Å². The van der Waals surface area contributed by atoms with E-state index in [9.17, 15) is 5.11 Å². The van der Waals surface area contributed by atoms with Crippen LogP contribution in [-0.2, 0) is 4.74 Å². The highest BCUT2D eigenvalue weighted by Gasteiger charge is 2.19. The summed E-state index contributed by atoms with van der Waals surface area (Å²) in [4.78, 5) is 0. The van der Waals surface area contributed by atoms with Crippen molar-refractivity contribution in [3.8, 4) is 0 Å². The highest BCUT2D eigenvalue weighted by molar-refractivity contribution is 4.71. The van der Waals surface area contributed by atoms with Gasteiger partial charge in [0.1, 0.15) is 0 Å². The van der Waals surface area contributed by atoms with Crippen molar-refractivity contribution in [1.29, 1.82) is 0 Å². The second-order valence-corrected chi connectivity index (χ2v) is 3.86. The zero-order chi connectivity index (χ0) is 8.91. The molecule has 0 saturated heterocycles. The van der Waals surface area contributed by atoms with E-state index in [1.54, 1.807) is 7.11 Å². The number of methoxy groups -OCH3 is 1. The maximum absolute atomic E-state index is 9.64. The molecule has 2 heteroatoms. The minimum atomic E-state index is -0.640. The fourth-order valence-electron chi connectivity index (χ4n) is 0.983. The first-order valence-electron chi connectivity index (χ1n) is 4.19. The first-order valence-corrected chi connectivity index (χ1v) is 4.19. The maximum Gasteiger partial charge on any atom is 0.0852 e. The Bertz CT molecular complexity index is 97.7. The lowest BCUT2D eigenvalue weighted by atomic mass is 9.96. The number of hydrogen-bond donors (Lipinski definition) is 1. The molecule has 0 aliphatic heterocycles. The Labute approximate surface area is 69.6 Å². The molecule has 0 rings (SSSR count). The SMILES string of the molecule is COCC(C)(O)CCC(C)C. The van der Waals surface area contributed by atoms with E-state index in [0.29, 0.717) is 12.5 Å². The van der Waals surface area contributed by atoms with Crippen LogP contribution in [0.2, 0.25) is 0 Å². The molecular formula is C9H20O2.